The van der Waals surface area contributed by atoms with Gasteiger partial charge in [-0.1, -0.05) is 77.2 Å². The highest BCUT2D eigenvalue weighted by atomic mass is 32.1. The summed E-state index contributed by atoms with van der Waals surface area (Å²) in [7, 11) is 0. The normalized spacial score (nSPS) is 11.4. The van der Waals surface area contributed by atoms with Gasteiger partial charge < -0.3 is 0 Å². The predicted molar refractivity (Wildman–Crippen MR) is 79.2 cm³/mol. The Kier molecular flexibility index (Phi) is 15.2. The summed E-state index contributed by atoms with van der Waals surface area (Å²) in [6, 6.07) is 0. The minimum Gasteiger partial charge on any atom is -0.152 e. The zero-order chi connectivity index (χ0) is 11.9. The van der Waals surface area contributed by atoms with Crippen LogP contribution < -0.4 is 0 Å². The van der Waals surface area contributed by atoms with Crippen LogP contribution in [-0.2, 0) is 0 Å². The van der Waals surface area contributed by atoms with Gasteiger partial charge in [-0.3, -0.25) is 0 Å². The van der Waals surface area contributed by atoms with Crippen LogP contribution in [0, 0.1) is 0 Å². The summed E-state index contributed by atoms with van der Waals surface area (Å²) in [6.07, 6.45) is 19.0. The van der Waals surface area contributed by atoms with Gasteiger partial charge in [-0.15, -0.1) is 0 Å². The molecule has 0 spiro atoms. The third-order valence-electron chi connectivity index (χ3n) is 3.08. The van der Waals surface area contributed by atoms with Crippen LogP contribution in [0.15, 0.2) is 11.5 Å². The Labute approximate surface area is 108 Å². The molecule has 0 radical (unpaired) electrons. The molecule has 0 aromatic heterocycles. The van der Waals surface area contributed by atoms with Crippen molar-refractivity contribution >= 4 is 12.6 Å². The molecule has 0 fully saturated rings. The van der Waals surface area contributed by atoms with Crippen LogP contribution in [-0.4, -0.2) is 0 Å². The predicted octanol–water partition coefficient (Wildman–Crippen LogP) is 6.13. The fourth-order valence-electron chi connectivity index (χ4n) is 2.00. The molecule has 0 rings (SSSR count). The summed E-state index contributed by atoms with van der Waals surface area (Å²) in [5.74, 6) is 0. The van der Waals surface area contributed by atoms with Crippen LogP contribution >= 0.6 is 12.6 Å². The number of rotatable bonds is 12. The summed E-state index contributed by atoms with van der Waals surface area (Å²) in [5.41, 5.74) is 0. The molecule has 0 aliphatic rings. The van der Waals surface area contributed by atoms with E-state index in [4.69, 9.17) is 0 Å². The van der Waals surface area contributed by atoms with Crippen molar-refractivity contribution in [2.45, 2.75) is 84.0 Å². The molecule has 0 aromatic carbocycles. The smallest absolute Gasteiger partial charge is 0.0343 e. The molecular formula is C15H30S. The van der Waals surface area contributed by atoms with E-state index < -0.39 is 0 Å². The average Bonchev–Trinajstić information content (AvgIpc) is 2.31. The molecule has 0 aliphatic carbocycles. The van der Waals surface area contributed by atoms with E-state index in [2.05, 4.69) is 25.6 Å². The van der Waals surface area contributed by atoms with Gasteiger partial charge in [-0.05, 0) is 18.2 Å². The van der Waals surface area contributed by atoms with Gasteiger partial charge in [-0.25, -0.2) is 0 Å². The Morgan fingerprint density at radius 3 is 1.56 bits per heavy atom. The maximum atomic E-state index is 4.05. The Hall–Kier alpha value is 0.0900. The third-order valence-corrected chi connectivity index (χ3v) is 3.29. The minimum atomic E-state index is 1.21. The molecule has 96 valence electrons. The first kappa shape index (κ1) is 16.1. The zero-order valence-corrected chi connectivity index (χ0v) is 12.0. The number of thiol groups is 1. The van der Waals surface area contributed by atoms with Gasteiger partial charge in [-0.2, -0.15) is 12.6 Å². The quantitative estimate of drug-likeness (QED) is 0.309. The van der Waals surface area contributed by atoms with Crippen LogP contribution in [0.4, 0.5) is 0 Å². The number of unbranched alkanes of at least 4 members (excludes halogenated alkanes) is 11. The van der Waals surface area contributed by atoms with Crippen molar-refractivity contribution in [1.29, 1.82) is 0 Å². The highest BCUT2D eigenvalue weighted by Crippen LogP contribution is 2.11. The standard InChI is InChI=1S/C15H30S/c1-2-3-4-5-6-7-8-9-10-11-12-13-14-15-16/h14-16H,2-13H2,1H3. The van der Waals surface area contributed by atoms with Crippen LogP contribution in [0.1, 0.15) is 84.0 Å². The minimum absolute atomic E-state index is 1.21. The van der Waals surface area contributed by atoms with Gasteiger partial charge in [0.25, 0.3) is 0 Å². The Balaban J connectivity index is 2.88. The summed E-state index contributed by atoms with van der Waals surface area (Å²) in [4.78, 5) is 0. The second-order valence-electron chi connectivity index (χ2n) is 4.71. The van der Waals surface area contributed by atoms with E-state index in [0.717, 1.165) is 0 Å². The van der Waals surface area contributed by atoms with E-state index >= 15 is 0 Å². The topological polar surface area (TPSA) is 0 Å². The molecule has 16 heavy (non-hydrogen) atoms. The van der Waals surface area contributed by atoms with Crippen LogP contribution in [0.2, 0.25) is 0 Å². The number of hydrogen-bond acceptors (Lipinski definition) is 1. The van der Waals surface area contributed by atoms with Crippen molar-refractivity contribution in [3.05, 3.63) is 11.5 Å². The first-order chi connectivity index (χ1) is 7.91. The number of allylic oxidation sites excluding steroid dienone is 1. The molecule has 0 heterocycles. The van der Waals surface area contributed by atoms with E-state index in [0.29, 0.717) is 0 Å². The van der Waals surface area contributed by atoms with Crippen molar-refractivity contribution in [3.63, 3.8) is 0 Å². The lowest BCUT2D eigenvalue weighted by Gasteiger charge is -2.01. The van der Waals surface area contributed by atoms with Gasteiger partial charge in [0.05, 0.1) is 0 Å². The molecule has 0 bridgehead atoms. The van der Waals surface area contributed by atoms with Gasteiger partial charge in [0.1, 0.15) is 0 Å². The highest BCUT2D eigenvalue weighted by molar-refractivity contribution is 7.83. The first-order valence-corrected chi connectivity index (χ1v) is 7.72. The lowest BCUT2D eigenvalue weighted by Crippen LogP contribution is -1.81. The molecular weight excluding hydrogens is 212 g/mol. The van der Waals surface area contributed by atoms with Crippen molar-refractivity contribution < 1.29 is 0 Å². The lowest BCUT2D eigenvalue weighted by atomic mass is 10.1. The second kappa shape index (κ2) is 15.1. The van der Waals surface area contributed by atoms with E-state index in [1.54, 1.807) is 0 Å². The van der Waals surface area contributed by atoms with E-state index in [9.17, 15) is 0 Å². The number of hydrogen-bond donors (Lipinski definition) is 1. The van der Waals surface area contributed by atoms with E-state index in [1.165, 1.54) is 77.0 Å². The van der Waals surface area contributed by atoms with Crippen molar-refractivity contribution in [3.8, 4) is 0 Å². The first-order valence-electron chi connectivity index (χ1n) is 7.21. The summed E-state index contributed by atoms with van der Waals surface area (Å²) >= 11 is 4.05. The van der Waals surface area contributed by atoms with E-state index in [1.807, 2.05) is 5.41 Å². The van der Waals surface area contributed by atoms with Gasteiger partial charge >= 0.3 is 0 Å². The molecule has 0 saturated heterocycles. The van der Waals surface area contributed by atoms with Crippen LogP contribution in [0.3, 0.4) is 0 Å². The van der Waals surface area contributed by atoms with Gasteiger partial charge in [0, 0.05) is 0 Å². The maximum Gasteiger partial charge on any atom is -0.0343 e. The fourth-order valence-corrected chi connectivity index (χ4v) is 2.15. The highest BCUT2D eigenvalue weighted by Gasteiger charge is 1.92. The molecule has 0 saturated carbocycles. The maximum absolute atomic E-state index is 4.05. The molecule has 0 amide bonds. The summed E-state index contributed by atoms with van der Waals surface area (Å²) in [6.45, 7) is 2.28. The van der Waals surface area contributed by atoms with Gasteiger partial charge in [0.2, 0.25) is 0 Å². The Bertz CT molecular complexity index is 140. The third kappa shape index (κ3) is 14.1. The largest absolute Gasteiger partial charge is 0.152 e. The molecule has 0 aromatic rings. The Morgan fingerprint density at radius 1 is 0.688 bits per heavy atom. The van der Waals surface area contributed by atoms with Gasteiger partial charge in [0.15, 0.2) is 0 Å². The lowest BCUT2D eigenvalue weighted by molar-refractivity contribution is 0.550. The zero-order valence-electron chi connectivity index (χ0n) is 11.1. The second-order valence-corrected chi connectivity index (χ2v) is 5.01. The SMILES string of the molecule is CCCCCCCCCCCCCC=CS. The molecule has 0 aliphatic heterocycles. The fraction of sp³-hybridized carbons (Fsp3) is 0.867. The Morgan fingerprint density at radius 2 is 1.12 bits per heavy atom. The average molecular weight is 242 g/mol. The van der Waals surface area contributed by atoms with Crippen molar-refractivity contribution in [2.24, 2.45) is 0 Å². The van der Waals surface area contributed by atoms with E-state index in [-0.39, 0.29) is 0 Å². The molecule has 1 heteroatoms. The summed E-state index contributed by atoms with van der Waals surface area (Å²) in [5, 5.41) is 1.86. The van der Waals surface area contributed by atoms with Crippen molar-refractivity contribution in [2.75, 3.05) is 0 Å². The monoisotopic (exact) mass is 242 g/mol. The molecule has 0 N–H and O–H groups in total. The molecule has 0 nitrogen and oxygen atoms in total. The van der Waals surface area contributed by atoms with Crippen LogP contribution in [0.5, 0.6) is 0 Å². The van der Waals surface area contributed by atoms with Crippen LogP contribution in [0.25, 0.3) is 0 Å². The van der Waals surface area contributed by atoms with Crippen molar-refractivity contribution in [1.82, 2.24) is 0 Å². The molecule has 0 atom stereocenters. The molecule has 0 unspecified atom stereocenters. The summed E-state index contributed by atoms with van der Waals surface area (Å²) < 4.78 is 0.